The highest BCUT2D eigenvalue weighted by Crippen LogP contribution is 2.22. The average molecular weight is 384 g/mol. The van der Waals surface area contributed by atoms with Gasteiger partial charge in [-0.2, -0.15) is 0 Å². The van der Waals surface area contributed by atoms with Crippen LogP contribution in [0.2, 0.25) is 0 Å². The Hall–Kier alpha value is -2.64. The van der Waals surface area contributed by atoms with E-state index < -0.39 is 0 Å². The van der Waals surface area contributed by atoms with Crippen molar-refractivity contribution >= 4 is 23.3 Å². The normalized spacial score (nSPS) is 21.0. The Balaban J connectivity index is 1.35. The van der Waals surface area contributed by atoms with Gasteiger partial charge in [0, 0.05) is 58.1 Å². The fourth-order valence-corrected chi connectivity index (χ4v) is 4.12. The van der Waals surface area contributed by atoms with Crippen molar-refractivity contribution in [3.05, 3.63) is 24.5 Å². The summed E-state index contributed by atoms with van der Waals surface area (Å²) in [7, 11) is 0. The van der Waals surface area contributed by atoms with Crippen molar-refractivity contribution in [1.29, 1.82) is 0 Å². The maximum Gasteiger partial charge on any atom is 0.227 e. The Morgan fingerprint density at radius 1 is 1.21 bits per heavy atom. The molecule has 2 fully saturated rings. The summed E-state index contributed by atoms with van der Waals surface area (Å²) in [5.41, 5.74) is 0.829. The molecule has 2 aliphatic rings. The first-order valence-electron chi connectivity index (χ1n) is 10.1. The minimum absolute atomic E-state index is 0.0663. The molecule has 0 aliphatic carbocycles. The molecule has 1 atom stereocenters. The zero-order chi connectivity index (χ0) is 19.7. The molecular weight excluding hydrogens is 356 g/mol. The molecule has 2 amide bonds. The van der Waals surface area contributed by atoms with E-state index in [0.717, 1.165) is 31.1 Å². The Kier molecular flexibility index (Phi) is 5.19. The summed E-state index contributed by atoms with van der Waals surface area (Å²) in [5.74, 6) is 1.64. The van der Waals surface area contributed by atoms with E-state index in [1.54, 1.807) is 10.7 Å². The number of carbonyl (C=O) groups is 2. The van der Waals surface area contributed by atoms with E-state index in [-0.39, 0.29) is 17.7 Å². The molecule has 4 heterocycles. The Morgan fingerprint density at radius 3 is 2.75 bits per heavy atom. The molecule has 0 N–H and O–H groups in total. The highest BCUT2D eigenvalue weighted by molar-refractivity contribution is 5.84. The summed E-state index contributed by atoms with van der Waals surface area (Å²) >= 11 is 0. The van der Waals surface area contributed by atoms with Gasteiger partial charge in [-0.25, -0.2) is 9.50 Å². The highest BCUT2D eigenvalue weighted by atomic mass is 16.2. The Labute approximate surface area is 165 Å². The van der Waals surface area contributed by atoms with Gasteiger partial charge in [0.1, 0.15) is 5.82 Å². The molecule has 0 saturated carbocycles. The van der Waals surface area contributed by atoms with Crippen molar-refractivity contribution in [2.75, 3.05) is 44.2 Å². The van der Waals surface area contributed by atoms with E-state index in [4.69, 9.17) is 0 Å². The maximum absolute atomic E-state index is 13.0. The zero-order valence-electron chi connectivity index (χ0n) is 16.6. The van der Waals surface area contributed by atoms with Gasteiger partial charge >= 0.3 is 0 Å². The second-order valence-corrected chi connectivity index (χ2v) is 8.16. The van der Waals surface area contributed by atoms with E-state index in [2.05, 4.69) is 28.8 Å². The highest BCUT2D eigenvalue weighted by Gasteiger charge is 2.34. The molecule has 0 aromatic carbocycles. The van der Waals surface area contributed by atoms with E-state index in [9.17, 15) is 9.59 Å². The first-order valence-corrected chi connectivity index (χ1v) is 10.1. The predicted molar refractivity (Wildman–Crippen MR) is 106 cm³/mol. The standard InChI is InChI=1S/C20H28N6O2/c1-15(2)13-25-14-16(3-6-19(25)27)20(28)24-11-9-23(10-12-24)18-5-4-17-21-7-8-26(17)22-18/h4-5,7-8,15-16H,3,6,9-14H2,1-2H3. The number of anilines is 1. The third-order valence-corrected chi connectivity index (χ3v) is 5.59. The van der Waals surface area contributed by atoms with Crippen molar-refractivity contribution in [1.82, 2.24) is 24.4 Å². The molecule has 0 spiro atoms. The van der Waals surface area contributed by atoms with Gasteiger partial charge in [-0.3, -0.25) is 9.59 Å². The largest absolute Gasteiger partial charge is 0.352 e. The van der Waals surface area contributed by atoms with Crippen molar-refractivity contribution in [2.24, 2.45) is 11.8 Å². The molecule has 0 radical (unpaired) electrons. The zero-order valence-corrected chi connectivity index (χ0v) is 16.6. The number of nitrogens with zero attached hydrogens (tertiary/aromatic N) is 6. The van der Waals surface area contributed by atoms with Crippen LogP contribution >= 0.6 is 0 Å². The quantitative estimate of drug-likeness (QED) is 0.794. The molecule has 2 aliphatic heterocycles. The number of imidazole rings is 1. The summed E-state index contributed by atoms with van der Waals surface area (Å²) in [6.45, 7) is 8.42. The van der Waals surface area contributed by atoms with Crippen LogP contribution in [0.15, 0.2) is 24.5 Å². The average Bonchev–Trinajstić information content (AvgIpc) is 3.17. The number of hydrogen-bond acceptors (Lipinski definition) is 5. The number of rotatable bonds is 4. The Morgan fingerprint density at radius 2 is 2.00 bits per heavy atom. The number of aromatic nitrogens is 3. The molecule has 8 heteroatoms. The number of piperazine rings is 1. The lowest BCUT2D eigenvalue weighted by molar-refractivity contribution is -0.143. The maximum atomic E-state index is 13.0. The third-order valence-electron chi connectivity index (χ3n) is 5.59. The van der Waals surface area contributed by atoms with Crippen LogP contribution in [0.3, 0.4) is 0 Å². The summed E-state index contributed by atoms with van der Waals surface area (Å²) in [5, 5.41) is 4.60. The van der Waals surface area contributed by atoms with Crippen LogP contribution in [0.5, 0.6) is 0 Å². The smallest absolute Gasteiger partial charge is 0.227 e. The van der Waals surface area contributed by atoms with Gasteiger partial charge in [0.15, 0.2) is 5.65 Å². The summed E-state index contributed by atoms with van der Waals surface area (Å²) in [4.78, 5) is 35.4. The minimum Gasteiger partial charge on any atom is -0.352 e. The summed E-state index contributed by atoms with van der Waals surface area (Å²) in [6.07, 6.45) is 4.73. The van der Waals surface area contributed by atoms with Crippen LogP contribution in [0.25, 0.3) is 5.65 Å². The summed E-state index contributed by atoms with van der Waals surface area (Å²) in [6, 6.07) is 3.94. The first kappa shape index (κ1) is 18.7. The predicted octanol–water partition coefficient (Wildman–Crippen LogP) is 1.27. The molecule has 0 bridgehead atoms. The van der Waals surface area contributed by atoms with Gasteiger partial charge in [0.2, 0.25) is 11.8 Å². The first-order chi connectivity index (χ1) is 13.5. The van der Waals surface area contributed by atoms with Crippen molar-refractivity contribution in [2.45, 2.75) is 26.7 Å². The molecule has 1 unspecified atom stereocenters. The van der Waals surface area contributed by atoms with Gasteiger partial charge in [-0.1, -0.05) is 13.8 Å². The third kappa shape index (κ3) is 3.81. The second kappa shape index (κ2) is 7.77. The minimum atomic E-state index is -0.0663. The number of hydrogen-bond donors (Lipinski definition) is 0. The summed E-state index contributed by atoms with van der Waals surface area (Å²) < 4.78 is 1.77. The van der Waals surface area contributed by atoms with E-state index in [1.165, 1.54) is 0 Å². The van der Waals surface area contributed by atoms with Gasteiger partial charge in [-0.15, -0.1) is 5.10 Å². The number of piperidine rings is 1. The number of fused-ring (bicyclic) bond motifs is 1. The van der Waals surface area contributed by atoms with Gasteiger partial charge < -0.3 is 14.7 Å². The molecule has 150 valence electrons. The topological polar surface area (TPSA) is 74.1 Å². The molecule has 4 rings (SSSR count). The van der Waals surface area contributed by atoms with Crippen molar-refractivity contribution in [3.63, 3.8) is 0 Å². The molecular formula is C20H28N6O2. The fraction of sp³-hybridized carbons (Fsp3) is 0.600. The lowest BCUT2D eigenvalue weighted by Gasteiger charge is -2.39. The molecule has 2 aromatic rings. The van der Waals surface area contributed by atoms with Crippen molar-refractivity contribution < 1.29 is 9.59 Å². The molecule has 28 heavy (non-hydrogen) atoms. The fourth-order valence-electron chi connectivity index (χ4n) is 4.12. The van der Waals surface area contributed by atoms with Crippen LogP contribution in [0.1, 0.15) is 26.7 Å². The van der Waals surface area contributed by atoms with Crippen LogP contribution in [-0.2, 0) is 9.59 Å². The lowest BCUT2D eigenvalue weighted by Crippen LogP contribution is -2.53. The SMILES string of the molecule is CC(C)CN1CC(C(=O)N2CCN(c3ccc4nccn4n3)CC2)CCC1=O. The second-order valence-electron chi connectivity index (χ2n) is 8.16. The molecule has 2 saturated heterocycles. The van der Waals surface area contributed by atoms with E-state index in [0.29, 0.717) is 38.4 Å². The van der Waals surface area contributed by atoms with Crippen LogP contribution in [0, 0.1) is 11.8 Å². The van der Waals surface area contributed by atoms with Gasteiger partial charge in [0.25, 0.3) is 0 Å². The van der Waals surface area contributed by atoms with Crippen molar-refractivity contribution in [3.8, 4) is 0 Å². The molecule has 2 aromatic heterocycles. The number of carbonyl (C=O) groups excluding carboxylic acids is 2. The van der Waals surface area contributed by atoms with E-state index >= 15 is 0 Å². The van der Waals surface area contributed by atoms with Crippen LogP contribution < -0.4 is 4.90 Å². The Bertz CT molecular complexity index is 855. The monoisotopic (exact) mass is 384 g/mol. The number of amides is 2. The number of likely N-dealkylation sites (tertiary alicyclic amines) is 1. The lowest BCUT2D eigenvalue weighted by atomic mass is 9.95. The van der Waals surface area contributed by atoms with Crippen LogP contribution in [0.4, 0.5) is 5.82 Å². The van der Waals surface area contributed by atoms with E-state index in [1.807, 2.05) is 28.1 Å². The van der Waals surface area contributed by atoms with Gasteiger partial charge in [-0.05, 0) is 24.5 Å². The van der Waals surface area contributed by atoms with Gasteiger partial charge in [0.05, 0.1) is 5.92 Å². The molecule has 8 nitrogen and oxygen atoms in total. The van der Waals surface area contributed by atoms with Crippen LogP contribution in [-0.4, -0.2) is 75.5 Å².